The van der Waals surface area contributed by atoms with Gasteiger partial charge in [0.25, 0.3) is 0 Å². The van der Waals surface area contributed by atoms with Crippen LogP contribution in [0.4, 0.5) is 0 Å². The van der Waals surface area contributed by atoms with E-state index < -0.39 is 0 Å². The van der Waals surface area contributed by atoms with Gasteiger partial charge in [-0.05, 0) is 19.1 Å². The molecule has 0 amide bonds. The lowest BCUT2D eigenvalue weighted by Gasteiger charge is -2.31. The molecule has 0 bridgehead atoms. The normalized spacial score (nSPS) is 20.2. The molecule has 0 saturated carbocycles. The van der Waals surface area contributed by atoms with E-state index in [2.05, 4.69) is 33.4 Å². The average Bonchev–Trinajstić information content (AvgIpc) is 2.87. The molecule has 1 saturated heterocycles. The van der Waals surface area contributed by atoms with E-state index in [1.165, 1.54) is 5.56 Å². The first-order valence-electron chi connectivity index (χ1n) is 6.96. The van der Waals surface area contributed by atoms with Crippen LogP contribution in [0.5, 0.6) is 0 Å². The molecule has 20 heavy (non-hydrogen) atoms. The lowest BCUT2D eigenvalue weighted by atomic mass is 10.1. The largest absolute Gasteiger partial charge is 0.312 e. The molecule has 0 radical (unpaired) electrons. The smallest absolute Gasteiger partial charge is 0.0695 e. The van der Waals surface area contributed by atoms with E-state index in [9.17, 15) is 0 Å². The monoisotopic (exact) mass is 290 g/mol. The average molecular weight is 291 g/mol. The van der Waals surface area contributed by atoms with Gasteiger partial charge >= 0.3 is 0 Å². The summed E-state index contributed by atoms with van der Waals surface area (Å²) in [5, 5.41) is 11.5. The first-order chi connectivity index (χ1) is 9.72. The molecule has 5 heteroatoms. The highest BCUT2D eigenvalue weighted by Crippen LogP contribution is 2.25. The SMILES string of the molecule is C[C@H]1CN(Cc2cn[nH]c2-c2cccc(Cl)c2)CCN1. The molecule has 2 heterocycles. The van der Waals surface area contributed by atoms with Gasteiger partial charge < -0.3 is 5.32 Å². The minimum atomic E-state index is 0.547. The zero-order chi connectivity index (χ0) is 13.9. The summed E-state index contributed by atoms with van der Waals surface area (Å²) >= 11 is 6.07. The third kappa shape index (κ3) is 3.03. The Morgan fingerprint density at radius 1 is 1.45 bits per heavy atom. The Hall–Kier alpha value is -1.36. The van der Waals surface area contributed by atoms with E-state index in [1.807, 2.05) is 24.4 Å². The summed E-state index contributed by atoms with van der Waals surface area (Å²) < 4.78 is 0. The summed E-state index contributed by atoms with van der Waals surface area (Å²) in [6.07, 6.45) is 1.92. The van der Waals surface area contributed by atoms with Crippen LogP contribution in [0.15, 0.2) is 30.5 Å². The van der Waals surface area contributed by atoms with Crippen molar-refractivity contribution in [2.45, 2.75) is 19.5 Å². The third-order valence-corrected chi connectivity index (χ3v) is 3.91. The molecule has 1 aromatic carbocycles. The highest BCUT2D eigenvalue weighted by molar-refractivity contribution is 6.30. The zero-order valence-electron chi connectivity index (χ0n) is 11.6. The lowest BCUT2D eigenvalue weighted by Crippen LogP contribution is -2.48. The van der Waals surface area contributed by atoms with Crippen molar-refractivity contribution in [1.82, 2.24) is 20.4 Å². The molecule has 2 N–H and O–H groups in total. The number of aromatic nitrogens is 2. The molecule has 1 aliphatic rings. The van der Waals surface area contributed by atoms with Crippen LogP contribution >= 0.6 is 11.6 Å². The van der Waals surface area contributed by atoms with Crippen LogP contribution in [-0.4, -0.2) is 40.8 Å². The van der Waals surface area contributed by atoms with E-state index >= 15 is 0 Å². The number of piperazine rings is 1. The number of hydrogen-bond donors (Lipinski definition) is 2. The number of benzene rings is 1. The van der Waals surface area contributed by atoms with Gasteiger partial charge in [0.2, 0.25) is 0 Å². The number of nitrogens with one attached hydrogen (secondary N) is 2. The predicted octanol–water partition coefficient (Wildman–Crippen LogP) is 2.52. The van der Waals surface area contributed by atoms with Crippen molar-refractivity contribution >= 4 is 11.6 Å². The summed E-state index contributed by atoms with van der Waals surface area (Å²) in [4.78, 5) is 2.46. The fourth-order valence-electron chi connectivity index (χ4n) is 2.72. The molecular formula is C15H19ClN4. The van der Waals surface area contributed by atoms with Gasteiger partial charge in [-0.2, -0.15) is 5.10 Å². The van der Waals surface area contributed by atoms with E-state index in [-0.39, 0.29) is 0 Å². The van der Waals surface area contributed by atoms with Crippen molar-refractivity contribution in [3.63, 3.8) is 0 Å². The molecule has 4 nitrogen and oxygen atoms in total. The van der Waals surface area contributed by atoms with Crippen molar-refractivity contribution in [2.24, 2.45) is 0 Å². The number of rotatable bonds is 3. The van der Waals surface area contributed by atoms with Crippen molar-refractivity contribution in [1.29, 1.82) is 0 Å². The number of halogens is 1. The van der Waals surface area contributed by atoms with E-state index in [0.717, 1.165) is 42.5 Å². The maximum Gasteiger partial charge on any atom is 0.0695 e. The Morgan fingerprint density at radius 2 is 2.35 bits per heavy atom. The quantitative estimate of drug-likeness (QED) is 0.913. The number of nitrogens with zero attached hydrogens (tertiary/aromatic N) is 2. The summed E-state index contributed by atoms with van der Waals surface area (Å²) in [6, 6.07) is 8.43. The van der Waals surface area contributed by atoms with Crippen LogP contribution in [-0.2, 0) is 6.54 Å². The Labute approximate surface area is 124 Å². The Morgan fingerprint density at radius 3 is 3.15 bits per heavy atom. The van der Waals surface area contributed by atoms with Gasteiger partial charge in [0.15, 0.2) is 0 Å². The van der Waals surface area contributed by atoms with Gasteiger partial charge in [-0.15, -0.1) is 0 Å². The van der Waals surface area contributed by atoms with Crippen molar-refractivity contribution < 1.29 is 0 Å². The van der Waals surface area contributed by atoms with Crippen LogP contribution in [0.2, 0.25) is 5.02 Å². The summed E-state index contributed by atoms with van der Waals surface area (Å²) in [6.45, 7) is 6.33. The molecule has 0 aliphatic carbocycles. The maximum atomic E-state index is 6.07. The van der Waals surface area contributed by atoms with Crippen LogP contribution in [0.25, 0.3) is 11.3 Å². The minimum absolute atomic E-state index is 0.547. The molecule has 0 unspecified atom stereocenters. The Kier molecular flexibility index (Phi) is 4.05. The first-order valence-corrected chi connectivity index (χ1v) is 7.34. The first kappa shape index (κ1) is 13.6. The second kappa shape index (κ2) is 5.95. The van der Waals surface area contributed by atoms with E-state index in [4.69, 9.17) is 11.6 Å². The lowest BCUT2D eigenvalue weighted by molar-refractivity contribution is 0.200. The summed E-state index contributed by atoms with van der Waals surface area (Å²) in [7, 11) is 0. The Balaban J connectivity index is 1.80. The molecular weight excluding hydrogens is 272 g/mol. The topological polar surface area (TPSA) is 44.0 Å². The van der Waals surface area contributed by atoms with Crippen LogP contribution in [0.1, 0.15) is 12.5 Å². The maximum absolute atomic E-state index is 6.07. The van der Waals surface area contributed by atoms with E-state index in [1.54, 1.807) is 0 Å². The van der Waals surface area contributed by atoms with Crippen molar-refractivity contribution in [2.75, 3.05) is 19.6 Å². The molecule has 0 spiro atoms. The van der Waals surface area contributed by atoms with Gasteiger partial charge in [0.05, 0.1) is 11.9 Å². The van der Waals surface area contributed by atoms with Crippen molar-refractivity contribution in [3.05, 3.63) is 41.0 Å². The van der Waals surface area contributed by atoms with E-state index in [0.29, 0.717) is 6.04 Å². The fourth-order valence-corrected chi connectivity index (χ4v) is 2.91. The second-order valence-electron chi connectivity index (χ2n) is 5.37. The van der Waals surface area contributed by atoms with Gasteiger partial charge in [0.1, 0.15) is 0 Å². The van der Waals surface area contributed by atoms with Crippen LogP contribution in [0.3, 0.4) is 0 Å². The molecule has 1 atom stereocenters. The molecule has 2 aromatic rings. The third-order valence-electron chi connectivity index (χ3n) is 3.68. The molecule has 1 aromatic heterocycles. The summed E-state index contributed by atoms with van der Waals surface area (Å²) in [5.74, 6) is 0. The fraction of sp³-hybridized carbons (Fsp3) is 0.400. The van der Waals surface area contributed by atoms with Gasteiger partial charge in [-0.25, -0.2) is 0 Å². The minimum Gasteiger partial charge on any atom is -0.312 e. The molecule has 106 valence electrons. The molecule has 1 fully saturated rings. The summed E-state index contributed by atoms with van der Waals surface area (Å²) in [5.41, 5.74) is 3.38. The number of hydrogen-bond acceptors (Lipinski definition) is 3. The van der Waals surface area contributed by atoms with Crippen LogP contribution in [0, 0.1) is 0 Å². The van der Waals surface area contributed by atoms with Gasteiger partial charge in [0, 0.05) is 48.4 Å². The number of aromatic amines is 1. The zero-order valence-corrected chi connectivity index (χ0v) is 12.3. The van der Waals surface area contributed by atoms with Gasteiger partial charge in [-0.3, -0.25) is 10.00 Å². The predicted molar refractivity (Wildman–Crippen MR) is 81.8 cm³/mol. The Bertz CT molecular complexity index is 581. The standard InChI is InChI=1S/C15H19ClN4/c1-11-9-20(6-5-17-11)10-13-8-18-19-15(13)12-3-2-4-14(16)7-12/h2-4,7-8,11,17H,5-6,9-10H2,1H3,(H,18,19)/t11-/m0/s1. The van der Waals surface area contributed by atoms with Gasteiger partial charge in [-0.1, -0.05) is 23.7 Å². The van der Waals surface area contributed by atoms with Crippen LogP contribution < -0.4 is 5.32 Å². The highest BCUT2D eigenvalue weighted by Gasteiger charge is 2.18. The number of H-pyrrole nitrogens is 1. The second-order valence-corrected chi connectivity index (χ2v) is 5.81. The molecule has 1 aliphatic heterocycles. The molecule has 3 rings (SSSR count). The van der Waals surface area contributed by atoms with Crippen molar-refractivity contribution in [3.8, 4) is 11.3 Å². The highest BCUT2D eigenvalue weighted by atomic mass is 35.5.